The van der Waals surface area contributed by atoms with Gasteiger partial charge in [0.1, 0.15) is 9.88 Å². The van der Waals surface area contributed by atoms with E-state index in [9.17, 15) is 9.59 Å². The zero-order valence-electron chi connectivity index (χ0n) is 11.7. The van der Waals surface area contributed by atoms with E-state index in [0.717, 1.165) is 24.5 Å². The molecule has 0 aliphatic carbocycles. The van der Waals surface area contributed by atoms with Crippen LogP contribution < -0.4 is 21.7 Å². The van der Waals surface area contributed by atoms with Crippen LogP contribution >= 0.6 is 11.3 Å². The van der Waals surface area contributed by atoms with E-state index in [2.05, 4.69) is 17.1 Å². The molecule has 5 N–H and O–H groups in total. The molecule has 20 heavy (non-hydrogen) atoms. The zero-order chi connectivity index (χ0) is 14.9. The first-order chi connectivity index (χ1) is 9.45. The van der Waals surface area contributed by atoms with Gasteiger partial charge in [-0.1, -0.05) is 6.92 Å². The predicted molar refractivity (Wildman–Crippen MR) is 81.3 cm³/mol. The molecule has 0 bridgehead atoms. The van der Waals surface area contributed by atoms with E-state index < -0.39 is 5.91 Å². The Balaban J connectivity index is 2.42. The van der Waals surface area contributed by atoms with Crippen LogP contribution in [0.5, 0.6) is 0 Å². The highest BCUT2D eigenvalue weighted by molar-refractivity contribution is 7.19. The Kier molecular flexibility index (Phi) is 4.17. The number of hydrogen-bond acceptors (Lipinski definition) is 5. The van der Waals surface area contributed by atoms with Gasteiger partial charge >= 0.3 is 0 Å². The summed E-state index contributed by atoms with van der Waals surface area (Å²) in [7, 11) is 0. The van der Waals surface area contributed by atoms with Crippen molar-refractivity contribution in [2.24, 2.45) is 11.7 Å². The lowest BCUT2D eigenvalue weighted by Crippen LogP contribution is -2.23. The maximum atomic E-state index is 12.0. The minimum atomic E-state index is -0.580. The van der Waals surface area contributed by atoms with Gasteiger partial charge < -0.3 is 21.7 Å². The fourth-order valence-corrected chi connectivity index (χ4v) is 3.60. The second-order valence-electron chi connectivity index (χ2n) is 5.09. The number of hydrogen-bond donors (Lipinski definition) is 3. The molecule has 1 aliphatic rings. The summed E-state index contributed by atoms with van der Waals surface area (Å²) in [6.07, 6.45) is 1.06. The van der Waals surface area contributed by atoms with Gasteiger partial charge in [-0.3, -0.25) is 9.59 Å². The molecule has 1 aliphatic heterocycles. The van der Waals surface area contributed by atoms with Gasteiger partial charge in [0.05, 0.1) is 11.3 Å². The van der Waals surface area contributed by atoms with Crippen LogP contribution in [0.4, 0.5) is 10.7 Å². The van der Waals surface area contributed by atoms with E-state index in [0.29, 0.717) is 17.3 Å². The number of carbonyl (C=O) groups excluding carboxylic acids is 2. The van der Waals surface area contributed by atoms with E-state index in [1.807, 2.05) is 6.92 Å². The number of anilines is 2. The fraction of sp³-hybridized carbons (Fsp3) is 0.538. The predicted octanol–water partition coefficient (Wildman–Crippen LogP) is 1.03. The Morgan fingerprint density at radius 1 is 1.50 bits per heavy atom. The maximum Gasteiger partial charge on any atom is 0.263 e. The highest BCUT2D eigenvalue weighted by atomic mass is 32.1. The first-order valence-electron chi connectivity index (χ1n) is 6.70. The average molecular weight is 296 g/mol. The van der Waals surface area contributed by atoms with Gasteiger partial charge in [0.2, 0.25) is 0 Å². The number of primary amides is 1. The number of carbonyl (C=O) groups is 2. The zero-order valence-corrected chi connectivity index (χ0v) is 12.5. The van der Waals surface area contributed by atoms with Gasteiger partial charge in [0, 0.05) is 19.6 Å². The molecule has 1 saturated heterocycles. The second-order valence-corrected chi connectivity index (χ2v) is 6.09. The van der Waals surface area contributed by atoms with Crippen molar-refractivity contribution < 1.29 is 9.59 Å². The summed E-state index contributed by atoms with van der Waals surface area (Å²) in [5.74, 6) is -0.271. The minimum Gasteiger partial charge on any atom is -0.397 e. The molecule has 1 aromatic heterocycles. The SMILES string of the molecule is CCNC(=O)c1sc(N2CCC(C)C2)c(C(N)=O)c1N. The third-order valence-corrected chi connectivity index (χ3v) is 4.69. The van der Waals surface area contributed by atoms with E-state index in [-0.39, 0.29) is 17.2 Å². The molecule has 1 unspecified atom stereocenters. The number of nitrogen functional groups attached to an aromatic ring is 1. The topological polar surface area (TPSA) is 101 Å². The van der Waals surface area contributed by atoms with Crippen LogP contribution in [0.2, 0.25) is 0 Å². The van der Waals surface area contributed by atoms with Gasteiger partial charge in [-0.05, 0) is 19.3 Å². The Morgan fingerprint density at radius 3 is 2.70 bits per heavy atom. The van der Waals surface area contributed by atoms with Crippen LogP contribution in [0.15, 0.2) is 0 Å². The van der Waals surface area contributed by atoms with E-state index in [4.69, 9.17) is 11.5 Å². The molecular formula is C13H20N4O2S. The van der Waals surface area contributed by atoms with Crippen molar-refractivity contribution in [2.75, 3.05) is 30.3 Å². The van der Waals surface area contributed by atoms with Crippen molar-refractivity contribution in [3.05, 3.63) is 10.4 Å². The standard InChI is InChI=1S/C13H20N4O2S/c1-3-16-12(19)10-9(14)8(11(15)18)13(20-10)17-5-4-7(2)6-17/h7H,3-6,14H2,1-2H3,(H2,15,18)(H,16,19). The van der Waals surface area contributed by atoms with Crippen LogP contribution in [0.3, 0.4) is 0 Å². The molecule has 0 aromatic carbocycles. The number of nitrogens with zero attached hydrogens (tertiary/aromatic N) is 1. The lowest BCUT2D eigenvalue weighted by Gasteiger charge is -2.17. The van der Waals surface area contributed by atoms with E-state index >= 15 is 0 Å². The summed E-state index contributed by atoms with van der Waals surface area (Å²) < 4.78 is 0. The molecule has 0 radical (unpaired) electrons. The largest absolute Gasteiger partial charge is 0.397 e. The van der Waals surface area contributed by atoms with Crippen molar-refractivity contribution in [1.82, 2.24) is 5.32 Å². The van der Waals surface area contributed by atoms with Gasteiger partial charge in [-0.25, -0.2) is 0 Å². The summed E-state index contributed by atoms with van der Waals surface area (Å²) in [6, 6.07) is 0. The van der Waals surface area contributed by atoms with Gasteiger partial charge in [0.25, 0.3) is 11.8 Å². The van der Waals surface area contributed by atoms with Crippen LogP contribution in [-0.2, 0) is 0 Å². The number of amides is 2. The molecule has 6 nitrogen and oxygen atoms in total. The van der Waals surface area contributed by atoms with Gasteiger partial charge in [-0.2, -0.15) is 0 Å². The van der Waals surface area contributed by atoms with Gasteiger partial charge in [-0.15, -0.1) is 11.3 Å². The molecule has 2 heterocycles. The summed E-state index contributed by atoms with van der Waals surface area (Å²) in [5.41, 5.74) is 11.9. The quantitative estimate of drug-likeness (QED) is 0.772. The minimum absolute atomic E-state index is 0.197. The molecule has 1 fully saturated rings. The Morgan fingerprint density at radius 2 is 2.20 bits per heavy atom. The first kappa shape index (κ1) is 14.6. The molecule has 2 amide bonds. The molecular weight excluding hydrogens is 276 g/mol. The summed E-state index contributed by atoms with van der Waals surface area (Å²) in [6.45, 7) is 6.22. The molecule has 0 spiro atoms. The van der Waals surface area contributed by atoms with Crippen molar-refractivity contribution in [3.8, 4) is 0 Å². The van der Waals surface area contributed by atoms with E-state index in [1.54, 1.807) is 0 Å². The van der Waals surface area contributed by atoms with Crippen LogP contribution in [-0.4, -0.2) is 31.4 Å². The molecule has 0 saturated carbocycles. The van der Waals surface area contributed by atoms with Crippen molar-refractivity contribution >= 4 is 33.8 Å². The van der Waals surface area contributed by atoms with E-state index in [1.165, 1.54) is 11.3 Å². The number of nitrogens with two attached hydrogens (primary N) is 2. The van der Waals surface area contributed by atoms with Crippen molar-refractivity contribution in [3.63, 3.8) is 0 Å². The number of rotatable bonds is 4. The van der Waals surface area contributed by atoms with Crippen molar-refractivity contribution in [1.29, 1.82) is 0 Å². The normalized spacial score (nSPS) is 18.3. The lowest BCUT2D eigenvalue weighted by atomic mass is 10.2. The molecule has 2 rings (SSSR count). The number of nitrogens with one attached hydrogen (secondary N) is 1. The van der Waals surface area contributed by atoms with Gasteiger partial charge in [0.15, 0.2) is 0 Å². The molecule has 1 aromatic rings. The third-order valence-electron chi connectivity index (χ3n) is 3.43. The van der Waals surface area contributed by atoms with Crippen LogP contribution in [0.25, 0.3) is 0 Å². The monoisotopic (exact) mass is 296 g/mol. The molecule has 110 valence electrons. The maximum absolute atomic E-state index is 12.0. The first-order valence-corrected chi connectivity index (χ1v) is 7.52. The summed E-state index contributed by atoms with van der Waals surface area (Å²) in [4.78, 5) is 26.1. The summed E-state index contributed by atoms with van der Waals surface area (Å²) in [5, 5.41) is 3.43. The fourth-order valence-electron chi connectivity index (χ4n) is 2.42. The smallest absolute Gasteiger partial charge is 0.263 e. The lowest BCUT2D eigenvalue weighted by molar-refractivity contribution is 0.0960. The highest BCUT2D eigenvalue weighted by Gasteiger charge is 2.29. The number of thiophene rings is 1. The average Bonchev–Trinajstić information content (AvgIpc) is 2.93. The Hall–Kier alpha value is -1.76. The third kappa shape index (κ3) is 2.58. The summed E-state index contributed by atoms with van der Waals surface area (Å²) >= 11 is 1.25. The second kappa shape index (κ2) is 5.70. The van der Waals surface area contributed by atoms with Crippen molar-refractivity contribution in [2.45, 2.75) is 20.3 Å². The Labute approximate surface area is 122 Å². The Bertz CT molecular complexity index is 541. The molecule has 1 atom stereocenters. The highest BCUT2D eigenvalue weighted by Crippen LogP contribution is 2.40. The van der Waals surface area contributed by atoms with Crippen LogP contribution in [0.1, 0.15) is 40.3 Å². The van der Waals surface area contributed by atoms with Crippen LogP contribution in [0, 0.1) is 5.92 Å². The molecule has 7 heteroatoms.